The van der Waals surface area contributed by atoms with Gasteiger partial charge in [-0.25, -0.2) is 0 Å². The first-order chi connectivity index (χ1) is 8.72. The van der Waals surface area contributed by atoms with E-state index in [0.29, 0.717) is 0 Å². The van der Waals surface area contributed by atoms with Gasteiger partial charge in [-0.1, -0.05) is 25.1 Å². The Labute approximate surface area is 121 Å². The Morgan fingerprint density at radius 1 is 1.47 bits per heavy atom. The van der Waals surface area contributed by atoms with Gasteiger partial charge < -0.3 is 10.6 Å². The summed E-state index contributed by atoms with van der Waals surface area (Å²) < 4.78 is 0. The van der Waals surface area contributed by atoms with Crippen LogP contribution in [0.3, 0.4) is 0 Å². The molecule has 2 rings (SSSR count). The molecule has 4 heteroatoms. The van der Waals surface area contributed by atoms with Crippen molar-refractivity contribution >= 4 is 24.0 Å². The standard InChI is InChI=1S/C15H22N2O.ClH/c1-3-12-7-4-6-11(2)14(12)17-15(18)13-8-5-9-16-10-13;/h4,6-7,13,16H,3,5,8-10H2,1-2H3,(H,17,18);1H. The molecule has 1 aromatic carbocycles. The third kappa shape index (κ3) is 3.95. The maximum absolute atomic E-state index is 12.2. The predicted molar refractivity (Wildman–Crippen MR) is 82.0 cm³/mol. The molecule has 106 valence electrons. The van der Waals surface area contributed by atoms with E-state index in [4.69, 9.17) is 0 Å². The van der Waals surface area contributed by atoms with Gasteiger partial charge in [-0.2, -0.15) is 0 Å². The second-order valence-electron chi connectivity index (χ2n) is 5.00. The summed E-state index contributed by atoms with van der Waals surface area (Å²) in [6.45, 7) is 6.01. The molecule has 1 aliphatic rings. The number of hydrogen-bond acceptors (Lipinski definition) is 2. The molecule has 1 aromatic rings. The molecule has 1 aliphatic heterocycles. The Kier molecular flexibility index (Phi) is 6.32. The number of amides is 1. The van der Waals surface area contributed by atoms with E-state index in [9.17, 15) is 4.79 Å². The average molecular weight is 283 g/mol. The molecule has 0 bridgehead atoms. The van der Waals surface area contributed by atoms with E-state index in [0.717, 1.165) is 43.6 Å². The van der Waals surface area contributed by atoms with Crippen LogP contribution in [0.2, 0.25) is 0 Å². The van der Waals surface area contributed by atoms with Crippen LogP contribution in [0.15, 0.2) is 18.2 Å². The van der Waals surface area contributed by atoms with Crippen molar-refractivity contribution in [3.05, 3.63) is 29.3 Å². The van der Waals surface area contributed by atoms with E-state index in [-0.39, 0.29) is 24.2 Å². The van der Waals surface area contributed by atoms with Crippen LogP contribution in [0.4, 0.5) is 5.69 Å². The molecular weight excluding hydrogens is 260 g/mol. The molecule has 3 nitrogen and oxygen atoms in total. The number of nitrogens with one attached hydrogen (secondary N) is 2. The van der Waals surface area contributed by atoms with Crippen LogP contribution in [0.25, 0.3) is 0 Å². The normalized spacial score (nSPS) is 18.5. The second-order valence-corrected chi connectivity index (χ2v) is 5.00. The van der Waals surface area contributed by atoms with Gasteiger partial charge in [0.1, 0.15) is 0 Å². The molecule has 19 heavy (non-hydrogen) atoms. The second kappa shape index (κ2) is 7.51. The van der Waals surface area contributed by atoms with Gasteiger partial charge in [0, 0.05) is 12.2 Å². The summed E-state index contributed by atoms with van der Waals surface area (Å²) in [5, 5.41) is 6.40. The van der Waals surface area contributed by atoms with Crippen molar-refractivity contribution in [2.45, 2.75) is 33.1 Å². The minimum atomic E-state index is 0. The maximum atomic E-state index is 12.2. The molecular formula is C15H23ClN2O. The highest BCUT2D eigenvalue weighted by Gasteiger charge is 2.21. The Bertz CT molecular complexity index is 428. The number of hydrogen-bond donors (Lipinski definition) is 2. The molecule has 0 radical (unpaired) electrons. The lowest BCUT2D eigenvalue weighted by Gasteiger charge is -2.23. The maximum Gasteiger partial charge on any atom is 0.228 e. The number of benzene rings is 1. The number of halogens is 1. The summed E-state index contributed by atoms with van der Waals surface area (Å²) in [7, 11) is 0. The molecule has 0 aliphatic carbocycles. The fourth-order valence-electron chi connectivity index (χ4n) is 2.50. The van der Waals surface area contributed by atoms with Crippen molar-refractivity contribution in [1.29, 1.82) is 0 Å². The minimum Gasteiger partial charge on any atom is -0.325 e. The van der Waals surface area contributed by atoms with E-state index in [1.807, 2.05) is 19.1 Å². The number of anilines is 1. The number of piperidine rings is 1. The number of rotatable bonds is 3. The molecule has 1 heterocycles. The van der Waals surface area contributed by atoms with E-state index < -0.39 is 0 Å². The summed E-state index contributed by atoms with van der Waals surface area (Å²) in [4.78, 5) is 12.2. The summed E-state index contributed by atoms with van der Waals surface area (Å²) in [5.41, 5.74) is 3.37. The SMILES string of the molecule is CCc1cccc(C)c1NC(=O)C1CCCNC1.Cl. The van der Waals surface area contributed by atoms with Crippen LogP contribution in [0.1, 0.15) is 30.9 Å². The van der Waals surface area contributed by atoms with Gasteiger partial charge in [-0.05, 0) is 43.9 Å². The van der Waals surface area contributed by atoms with Gasteiger partial charge in [0.05, 0.1) is 5.92 Å². The summed E-state index contributed by atoms with van der Waals surface area (Å²) in [6.07, 6.45) is 3.03. The summed E-state index contributed by atoms with van der Waals surface area (Å²) >= 11 is 0. The van der Waals surface area contributed by atoms with Gasteiger partial charge in [-0.15, -0.1) is 12.4 Å². The highest BCUT2D eigenvalue weighted by molar-refractivity contribution is 5.94. The molecule has 2 N–H and O–H groups in total. The van der Waals surface area contributed by atoms with Gasteiger partial charge in [-0.3, -0.25) is 4.79 Å². The van der Waals surface area contributed by atoms with Crippen LogP contribution in [0.5, 0.6) is 0 Å². The van der Waals surface area contributed by atoms with Crippen molar-refractivity contribution in [3.8, 4) is 0 Å². The Morgan fingerprint density at radius 2 is 2.26 bits per heavy atom. The molecule has 0 aromatic heterocycles. The zero-order chi connectivity index (χ0) is 13.0. The van der Waals surface area contributed by atoms with Crippen molar-refractivity contribution < 1.29 is 4.79 Å². The van der Waals surface area contributed by atoms with Gasteiger partial charge in [0.2, 0.25) is 5.91 Å². The fraction of sp³-hybridized carbons (Fsp3) is 0.533. The van der Waals surface area contributed by atoms with Gasteiger partial charge in [0.25, 0.3) is 0 Å². The minimum absolute atomic E-state index is 0. The summed E-state index contributed by atoms with van der Waals surface area (Å²) in [5.74, 6) is 0.272. The lowest BCUT2D eigenvalue weighted by atomic mass is 9.98. The van der Waals surface area contributed by atoms with E-state index >= 15 is 0 Å². The third-order valence-electron chi connectivity index (χ3n) is 3.66. The van der Waals surface area contributed by atoms with Crippen molar-refractivity contribution in [2.24, 2.45) is 5.92 Å². The highest BCUT2D eigenvalue weighted by Crippen LogP contribution is 2.22. The Balaban J connectivity index is 0.00000180. The summed E-state index contributed by atoms with van der Waals surface area (Å²) in [6, 6.07) is 6.18. The van der Waals surface area contributed by atoms with Crippen molar-refractivity contribution in [2.75, 3.05) is 18.4 Å². The zero-order valence-electron chi connectivity index (χ0n) is 11.7. The molecule has 1 fully saturated rings. The Hall–Kier alpha value is -1.06. The first kappa shape index (κ1) is 16.0. The third-order valence-corrected chi connectivity index (χ3v) is 3.66. The number of carbonyl (C=O) groups is 1. The lowest BCUT2D eigenvalue weighted by molar-refractivity contribution is -0.120. The molecule has 1 unspecified atom stereocenters. The van der Waals surface area contributed by atoms with E-state index in [1.54, 1.807) is 0 Å². The first-order valence-corrected chi connectivity index (χ1v) is 6.82. The zero-order valence-corrected chi connectivity index (χ0v) is 12.5. The number of carbonyl (C=O) groups excluding carboxylic acids is 1. The van der Waals surface area contributed by atoms with Gasteiger partial charge in [0.15, 0.2) is 0 Å². The molecule has 0 spiro atoms. The quantitative estimate of drug-likeness (QED) is 0.895. The average Bonchev–Trinajstić information content (AvgIpc) is 2.42. The molecule has 1 saturated heterocycles. The molecule has 1 atom stereocenters. The van der Waals surface area contributed by atoms with E-state index in [2.05, 4.69) is 23.6 Å². The Morgan fingerprint density at radius 3 is 2.89 bits per heavy atom. The smallest absolute Gasteiger partial charge is 0.228 e. The topological polar surface area (TPSA) is 41.1 Å². The van der Waals surface area contributed by atoms with Crippen LogP contribution >= 0.6 is 12.4 Å². The number of para-hydroxylation sites is 1. The lowest BCUT2D eigenvalue weighted by Crippen LogP contribution is -2.37. The van der Waals surface area contributed by atoms with Crippen LogP contribution < -0.4 is 10.6 Å². The van der Waals surface area contributed by atoms with Gasteiger partial charge >= 0.3 is 0 Å². The van der Waals surface area contributed by atoms with Crippen LogP contribution in [0, 0.1) is 12.8 Å². The highest BCUT2D eigenvalue weighted by atomic mass is 35.5. The predicted octanol–water partition coefficient (Wildman–Crippen LogP) is 2.92. The number of aryl methyl sites for hydroxylation is 2. The fourth-order valence-corrected chi connectivity index (χ4v) is 2.50. The molecule has 1 amide bonds. The first-order valence-electron chi connectivity index (χ1n) is 6.82. The van der Waals surface area contributed by atoms with Crippen LogP contribution in [-0.4, -0.2) is 19.0 Å². The van der Waals surface area contributed by atoms with Crippen molar-refractivity contribution in [1.82, 2.24) is 5.32 Å². The largest absolute Gasteiger partial charge is 0.325 e. The van der Waals surface area contributed by atoms with Crippen molar-refractivity contribution in [3.63, 3.8) is 0 Å². The van der Waals surface area contributed by atoms with Crippen LogP contribution in [-0.2, 0) is 11.2 Å². The monoisotopic (exact) mass is 282 g/mol. The molecule has 0 saturated carbocycles. The van der Waals surface area contributed by atoms with E-state index in [1.165, 1.54) is 5.56 Å².